The molecule has 0 aromatic heterocycles. The first-order chi connectivity index (χ1) is 5.20. The number of hydrogen-bond acceptors (Lipinski definition) is 4. The Morgan fingerprint density at radius 3 is 2.00 bits per heavy atom. The van der Waals surface area contributed by atoms with Gasteiger partial charge in [0, 0.05) is 18.4 Å². The van der Waals surface area contributed by atoms with Crippen LogP contribution in [-0.2, 0) is 0 Å². The van der Waals surface area contributed by atoms with Crippen LogP contribution in [0.4, 0.5) is 0 Å². The second-order valence-corrected chi connectivity index (χ2v) is 3.16. The highest BCUT2D eigenvalue weighted by Crippen LogP contribution is 2.30. The lowest BCUT2D eigenvalue weighted by Crippen LogP contribution is -2.31. The zero-order valence-corrected chi connectivity index (χ0v) is 6.35. The van der Waals surface area contributed by atoms with Crippen molar-refractivity contribution in [2.45, 2.75) is 18.6 Å². The van der Waals surface area contributed by atoms with Gasteiger partial charge in [0.1, 0.15) is 0 Å². The minimum atomic E-state index is -0.798. The van der Waals surface area contributed by atoms with E-state index in [1.54, 1.807) is 0 Å². The molecular formula is C7H15NO3. The molecule has 0 amide bonds. The predicted molar refractivity (Wildman–Crippen MR) is 39.8 cm³/mol. The summed E-state index contributed by atoms with van der Waals surface area (Å²) >= 11 is 0. The van der Waals surface area contributed by atoms with Crippen LogP contribution >= 0.6 is 0 Å². The van der Waals surface area contributed by atoms with Crippen molar-refractivity contribution in [3.05, 3.63) is 0 Å². The zero-order valence-electron chi connectivity index (χ0n) is 6.35. The van der Waals surface area contributed by atoms with Crippen LogP contribution in [-0.4, -0.2) is 40.7 Å². The van der Waals surface area contributed by atoms with E-state index in [0.29, 0.717) is 13.0 Å². The zero-order chi connectivity index (χ0) is 8.43. The molecular weight excluding hydrogens is 146 g/mol. The van der Waals surface area contributed by atoms with Crippen molar-refractivity contribution >= 4 is 0 Å². The highest BCUT2D eigenvalue weighted by molar-refractivity contribution is 4.90. The van der Waals surface area contributed by atoms with Crippen molar-refractivity contribution in [2.24, 2.45) is 17.6 Å². The van der Waals surface area contributed by atoms with Gasteiger partial charge in [-0.05, 0) is 13.0 Å². The van der Waals surface area contributed by atoms with Gasteiger partial charge < -0.3 is 21.1 Å². The van der Waals surface area contributed by atoms with Crippen molar-refractivity contribution in [3.63, 3.8) is 0 Å². The standard InChI is InChI=1S/C7H15NO3/c8-2-4-1-5(3-9)7(11)6(4)10/h4-7,9-11H,1-3,8H2/t4-,5-,6+,7-/m0/s1. The Kier molecular flexibility index (Phi) is 2.84. The van der Waals surface area contributed by atoms with Crippen molar-refractivity contribution < 1.29 is 15.3 Å². The van der Waals surface area contributed by atoms with E-state index in [-0.39, 0.29) is 18.4 Å². The van der Waals surface area contributed by atoms with Crippen LogP contribution in [0.25, 0.3) is 0 Å². The van der Waals surface area contributed by atoms with Crippen molar-refractivity contribution in [3.8, 4) is 0 Å². The summed E-state index contributed by atoms with van der Waals surface area (Å²) in [6.45, 7) is 0.295. The summed E-state index contributed by atoms with van der Waals surface area (Å²) in [6.07, 6.45) is -0.930. The van der Waals surface area contributed by atoms with Gasteiger partial charge in [0.05, 0.1) is 12.2 Å². The molecule has 4 heteroatoms. The number of nitrogens with two attached hydrogens (primary N) is 1. The first-order valence-electron chi connectivity index (χ1n) is 3.87. The van der Waals surface area contributed by atoms with Crippen LogP contribution in [0.15, 0.2) is 0 Å². The van der Waals surface area contributed by atoms with Gasteiger partial charge in [0.15, 0.2) is 0 Å². The summed E-state index contributed by atoms with van der Waals surface area (Å²) in [6, 6.07) is 0. The molecule has 0 radical (unpaired) electrons. The fourth-order valence-electron chi connectivity index (χ4n) is 1.64. The maximum atomic E-state index is 9.32. The monoisotopic (exact) mass is 161 g/mol. The summed E-state index contributed by atoms with van der Waals surface area (Å²) in [5.41, 5.74) is 5.35. The highest BCUT2D eigenvalue weighted by atomic mass is 16.3. The summed E-state index contributed by atoms with van der Waals surface area (Å²) < 4.78 is 0. The molecule has 11 heavy (non-hydrogen) atoms. The van der Waals surface area contributed by atoms with Crippen LogP contribution < -0.4 is 5.73 Å². The van der Waals surface area contributed by atoms with Gasteiger partial charge in [-0.2, -0.15) is 0 Å². The predicted octanol–water partition coefficient (Wildman–Crippen LogP) is -1.70. The van der Waals surface area contributed by atoms with Gasteiger partial charge in [0.2, 0.25) is 0 Å². The molecule has 0 aliphatic heterocycles. The largest absolute Gasteiger partial charge is 0.396 e. The third-order valence-corrected chi connectivity index (χ3v) is 2.46. The average molecular weight is 161 g/mol. The molecule has 0 aromatic rings. The highest BCUT2D eigenvalue weighted by Gasteiger charge is 2.39. The van der Waals surface area contributed by atoms with E-state index in [4.69, 9.17) is 10.8 Å². The van der Waals surface area contributed by atoms with Crippen molar-refractivity contribution in [2.75, 3.05) is 13.2 Å². The van der Waals surface area contributed by atoms with E-state index >= 15 is 0 Å². The summed E-state index contributed by atoms with van der Waals surface area (Å²) in [5.74, 6) is -0.249. The second-order valence-electron chi connectivity index (χ2n) is 3.16. The molecule has 0 aromatic carbocycles. The molecule has 1 aliphatic rings. The molecule has 0 heterocycles. The molecule has 4 nitrogen and oxygen atoms in total. The summed E-state index contributed by atoms with van der Waals surface area (Å²) in [7, 11) is 0. The lowest BCUT2D eigenvalue weighted by Gasteiger charge is -2.14. The third kappa shape index (κ3) is 1.54. The van der Waals surface area contributed by atoms with E-state index in [9.17, 15) is 10.2 Å². The van der Waals surface area contributed by atoms with Crippen LogP contribution in [0.5, 0.6) is 0 Å². The molecule has 1 aliphatic carbocycles. The Bertz CT molecular complexity index is 113. The van der Waals surface area contributed by atoms with E-state index < -0.39 is 12.2 Å². The Hall–Kier alpha value is -0.160. The Morgan fingerprint density at radius 1 is 1.18 bits per heavy atom. The molecule has 5 N–H and O–H groups in total. The van der Waals surface area contributed by atoms with Gasteiger partial charge in [-0.3, -0.25) is 0 Å². The van der Waals surface area contributed by atoms with Crippen molar-refractivity contribution in [1.82, 2.24) is 0 Å². The molecule has 66 valence electrons. The molecule has 1 rings (SSSR count). The number of rotatable bonds is 2. The number of hydrogen-bond donors (Lipinski definition) is 4. The van der Waals surface area contributed by atoms with E-state index in [1.165, 1.54) is 0 Å². The smallest absolute Gasteiger partial charge is 0.0852 e. The van der Waals surface area contributed by atoms with E-state index in [2.05, 4.69) is 0 Å². The summed E-state index contributed by atoms with van der Waals surface area (Å²) in [4.78, 5) is 0. The summed E-state index contributed by atoms with van der Waals surface area (Å²) in [5, 5.41) is 27.4. The fraction of sp³-hybridized carbons (Fsp3) is 1.00. The van der Waals surface area contributed by atoms with Crippen LogP contribution in [0.1, 0.15) is 6.42 Å². The lowest BCUT2D eigenvalue weighted by molar-refractivity contribution is -0.00476. The van der Waals surface area contributed by atoms with Crippen LogP contribution in [0.3, 0.4) is 0 Å². The maximum absolute atomic E-state index is 9.32. The van der Waals surface area contributed by atoms with Gasteiger partial charge in [-0.25, -0.2) is 0 Å². The topological polar surface area (TPSA) is 86.7 Å². The minimum Gasteiger partial charge on any atom is -0.396 e. The first-order valence-corrected chi connectivity index (χ1v) is 3.87. The van der Waals surface area contributed by atoms with Crippen molar-refractivity contribution in [1.29, 1.82) is 0 Å². The molecule has 0 bridgehead atoms. The van der Waals surface area contributed by atoms with E-state index in [1.807, 2.05) is 0 Å². The fourth-order valence-corrected chi connectivity index (χ4v) is 1.64. The number of aliphatic hydroxyl groups is 3. The normalized spacial score (nSPS) is 44.7. The van der Waals surface area contributed by atoms with Crippen LogP contribution in [0, 0.1) is 11.8 Å². The Balaban J connectivity index is 2.53. The second kappa shape index (κ2) is 3.49. The van der Waals surface area contributed by atoms with Gasteiger partial charge in [0.25, 0.3) is 0 Å². The molecule has 4 atom stereocenters. The molecule has 0 spiro atoms. The number of aliphatic hydroxyl groups excluding tert-OH is 3. The third-order valence-electron chi connectivity index (χ3n) is 2.46. The minimum absolute atomic E-state index is 0.0536. The quantitative estimate of drug-likeness (QED) is 0.388. The Labute approximate surface area is 65.6 Å². The maximum Gasteiger partial charge on any atom is 0.0852 e. The average Bonchev–Trinajstić information content (AvgIpc) is 2.30. The van der Waals surface area contributed by atoms with E-state index in [0.717, 1.165) is 0 Å². The molecule has 0 unspecified atom stereocenters. The van der Waals surface area contributed by atoms with Crippen LogP contribution in [0.2, 0.25) is 0 Å². The first kappa shape index (κ1) is 8.93. The molecule has 0 saturated heterocycles. The lowest BCUT2D eigenvalue weighted by atomic mass is 10.1. The van der Waals surface area contributed by atoms with Gasteiger partial charge >= 0.3 is 0 Å². The Morgan fingerprint density at radius 2 is 1.73 bits per heavy atom. The molecule has 1 saturated carbocycles. The van der Waals surface area contributed by atoms with Gasteiger partial charge in [-0.1, -0.05) is 0 Å². The SMILES string of the molecule is NC[C@@H]1C[C@@H](CO)[C@H](O)[C@@H]1O. The van der Waals surface area contributed by atoms with Gasteiger partial charge in [-0.15, -0.1) is 0 Å². The molecule has 1 fully saturated rings.